The number of hydrogen-bond donors (Lipinski definition) is 0. The molecule has 0 amide bonds. The van der Waals surface area contributed by atoms with Crippen LogP contribution in [0.2, 0.25) is 0 Å². The molecule has 4 aliphatic carbocycles. The van der Waals surface area contributed by atoms with Crippen molar-refractivity contribution in [2.24, 2.45) is 23.7 Å². The number of anilines is 3. The zero-order valence-electron chi connectivity index (χ0n) is 33.7. The highest BCUT2D eigenvalue weighted by molar-refractivity contribution is 7.25. The summed E-state index contributed by atoms with van der Waals surface area (Å²) in [5.74, 6) is 3.78. The number of para-hydroxylation sites is 1. The zero-order valence-corrected chi connectivity index (χ0v) is 34.5. The normalized spacial score (nSPS) is 24.9. The molecule has 2 heteroatoms. The summed E-state index contributed by atoms with van der Waals surface area (Å²) in [7, 11) is 0. The van der Waals surface area contributed by atoms with Crippen molar-refractivity contribution in [1.29, 1.82) is 0 Å². The molecule has 12 rings (SSSR count). The molecular formula is C56H49NS. The van der Waals surface area contributed by atoms with Crippen LogP contribution in [0.25, 0.3) is 42.4 Å². The third-order valence-electron chi connectivity index (χ3n) is 15.3. The molecule has 4 aliphatic rings. The van der Waals surface area contributed by atoms with E-state index in [0.29, 0.717) is 5.92 Å². The lowest BCUT2D eigenvalue weighted by Gasteiger charge is -2.51. The monoisotopic (exact) mass is 767 g/mol. The summed E-state index contributed by atoms with van der Waals surface area (Å²) in [5.41, 5.74) is 15.2. The van der Waals surface area contributed by atoms with Gasteiger partial charge in [-0.3, -0.25) is 0 Å². The van der Waals surface area contributed by atoms with Crippen molar-refractivity contribution in [3.8, 4) is 22.3 Å². The first-order valence-electron chi connectivity index (χ1n) is 21.6. The Morgan fingerprint density at radius 2 is 1.16 bits per heavy atom. The van der Waals surface area contributed by atoms with Gasteiger partial charge in [0, 0.05) is 48.1 Å². The van der Waals surface area contributed by atoms with Gasteiger partial charge in [-0.05, 0) is 148 Å². The Kier molecular flexibility index (Phi) is 7.62. The molecular weight excluding hydrogens is 719 g/mol. The summed E-state index contributed by atoms with van der Waals surface area (Å²) >= 11 is 1.89. The first-order chi connectivity index (χ1) is 28.4. The Balaban J connectivity index is 1.000. The molecule has 0 aliphatic heterocycles. The molecule has 2 bridgehead atoms. The Bertz CT molecular complexity index is 2860. The fraction of sp³-hybridized carbons (Fsp3) is 0.250. The van der Waals surface area contributed by atoms with Gasteiger partial charge in [0.1, 0.15) is 0 Å². The Morgan fingerprint density at radius 1 is 0.517 bits per heavy atom. The Morgan fingerprint density at radius 3 is 1.97 bits per heavy atom. The van der Waals surface area contributed by atoms with Crippen LogP contribution in [0.4, 0.5) is 17.1 Å². The molecule has 284 valence electrons. The third kappa shape index (κ3) is 4.82. The number of fused-ring (bicyclic) bond motifs is 5. The SMILES string of the molecule is CC1C[C@@H]2CC3C[C@H](C1)C21c2ccc(N(c4ccccc4)c4ccc(-c5ccccc5-c5cccc6sc7ccccc7c56)cc4)cc2C(C)(C)c2ccccc2C31. The van der Waals surface area contributed by atoms with Crippen LogP contribution < -0.4 is 4.90 Å². The number of rotatable bonds is 5. The van der Waals surface area contributed by atoms with Gasteiger partial charge in [0.15, 0.2) is 0 Å². The number of nitrogens with zero attached hydrogens (tertiary/aromatic N) is 1. The molecule has 8 aromatic rings. The maximum atomic E-state index is 2.62. The quantitative estimate of drug-likeness (QED) is 0.169. The van der Waals surface area contributed by atoms with Crippen LogP contribution in [0.1, 0.15) is 74.6 Å². The Hall–Kier alpha value is -5.44. The number of hydrogen-bond acceptors (Lipinski definition) is 2. The summed E-state index contributed by atoms with van der Waals surface area (Å²) in [6.45, 7) is 7.55. The van der Waals surface area contributed by atoms with E-state index in [1.165, 1.54) is 90.7 Å². The van der Waals surface area contributed by atoms with Gasteiger partial charge in [-0.25, -0.2) is 0 Å². The van der Waals surface area contributed by atoms with E-state index in [9.17, 15) is 0 Å². The molecule has 58 heavy (non-hydrogen) atoms. The zero-order chi connectivity index (χ0) is 38.8. The minimum Gasteiger partial charge on any atom is -0.310 e. The molecule has 6 atom stereocenters. The van der Waals surface area contributed by atoms with Crippen LogP contribution in [-0.4, -0.2) is 0 Å². The first-order valence-corrected chi connectivity index (χ1v) is 22.4. The van der Waals surface area contributed by atoms with Crippen molar-refractivity contribution in [3.05, 3.63) is 186 Å². The van der Waals surface area contributed by atoms with Gasteiger partial charge >= 0.3 is 0 Å². The van der Waals surface area contributed by atoms with Gasteiger partial charge in [0.25, 0.3) is 0 Å². The molecule has 1 heterocycles. The average Bonchev–Trinajstić information content (AvgIpc) is 3.89. The molecule has 0 radical (unpaired) electrons. The molecule has 0 N–H and O–H groups in total. The standard InChI is InChI=1S/C56H49NS/c1-35-30-38-32-37-33-39(31-35)56(38)49-29-28-42(34-50(49)55(2,3)48-21-11-9-18-46(48)54(37)56)57(40-14-5-4-6-15-40)41-26-24-36(25-27-41)43-16-7-8-17-44(43)45-20-13-23-52-53(45)47-19-10-12-22-51(47)58-52/h4-29,34-35,37-39,54H,30-33H2,1-3H3/t35?,37?,38-,39+,54?,56?. The lowest BCUT2D eigenvalue weighted by Crippen LogP contribution is -2.46. The summed E-state index contributed by atoms with van der Waals surface area (Å²) in [5, 5.41) is 2.69. The van der Waals surface area contributed by atoms with E-state index in [1.807, 2.05) is 11.3 Å². The van der Waals surface area contributed by atoms with Crippen molar-refractivity contribution < 1.29 is 0 Å². The van der Waals surface area contributed by atoms with E-state index in [-0.39, 0.29) is 10.8 Å². The van der Waals surface area contributed by atoms with Crippen LogP contribution in [0.15, 0.2) is 164 Å². The third-order valence-corrected chi connectivity index (χ3v) is 16.5. The molecule has 0 saturated heterocycles. The fourth-order valence-corrected chi connectivity index (χ4v) is 14.5. The maximum Gasteiger partial charge on any atom is 0.0464 e. The van der Waals surface area contributed by atoms with E-state index in [4.69, 9.17) is 0 Å². The molecule has 1 aromatic heterocycles. The molecule has 3 saturated carbocycles. The van der Waals surface area contributed by atoms with E-state index < -0.39 is 0 Å². The first kappa shape index (κ1) is 34.6. The van der Waals surface area contributed by atoms with Gasteiger partial charge in [-0.15, -0.1) is 11.3 Å². The molecule has 1 spiro atoms. The van der Waals surface area contributed by atoms with Gasteiger partial charge in [0.2, 0.25) is 0 Å². The Labute approximate surface area is 347 Å². The van der Waals surface area contributed by atoms with Crippen LogP contribution >= 0.6 is 11.3 Å². The van der Waals surface area contributed by atoms with Gasteiger partial charge in [0.05, 0.1) is 0 Å². The summed E-state index contributed by atoms with van der Waals surface area (Å²) in [6, 6.07) is 62.2. The second-order valence-electron chi connectivity index (χ2n) is 18.6. The molecule has 3 fully saturated rings. The van der Waals surface area contributed by atoms with Gasteiger partial charge < -0.3 is 4.90 Å². The highest BCUT2D eigenvalue weighted by Crippen LogP contribution is 2.75. The summed E-state index contributed by atoms with van der Waals surface area (Å²) in [4.78, 5) is 2.49. The van der Waals surface area contributed by atoms with Crippen molar-refractivity contribution in [1.82, 2.24) is 0 Å². The van der Waals surface area contributed by atoms with Crippen molar-refractivity contribution >= 4 is 48.6 Å². The average molecular weight is 768 g/mol. The second-order valence-corrected chi connectivity index (χ2v) is 19.7. The molecule has 7 aromatic carbocycles. The lowest BCUT2D eigenvalue weighted by atomic mass is 9.53. The topological polar surface area (TPSA) is 3.24 Å². The van der Waals surface area contributed by atoms with Crippen LogP contribution in [0.5, 0.6) is 0 Å². The van der Waals surface area contributed by atoms with E-state index in [0.717, 1.165) is 23.7 Å². The summed E-state index contributed by atoms with van der Waals surface area (Å²) in [6.07, 6.45) is 5.54. The second kappa shape index (κ2) is 12.8. The van der Waals surface area contributed by atoms with Crippen molar-refractivity contribution in [2.45, 2.75) is 63.2 Å². The predicted molar refractivity (Wildman–Crippen MR) is 246 cm³/mol. The van der Waals surface area contributed by atoms with Gasteiger partial charge in [-0.2, -0.15) is 0 Å². The molecule has 4 unspecified atom stereocenters. The van der Waals surface area contributed by atoms with E-state index in [2.05, 4.69) is 189 Å². The van der Waals surface area contributed by atoms with Gasteiger partial charge in [-0.1, -0.05) is 136 Å². The highest BCUT2D eigenvalue weighted by atomic mass is 32.1. The number of thiophene rings is 1. The van der Waals surface area contributed by atoms with Crippen LogP contribution in [0.3, 0.4) is 0 Å². The smallest absolute Gasteiger partial charge is 0.0464 e. The molecule has 1 nitrogen and oxygen atoms in total. The van der Waals surface area contributed by atoms with Crippen molar-refractivity contribution in [3.63, 3.8) is 0 Å². The van der Waals surface area contributed by atoms with Crippen LogP contribution in [-0.2, 0) is 10.8 Å². The van der Waals surface area contributed by atoms with Crippen molar-refractivity contribution in [2.75, 3.05) is 4.90 Å². The minimum atomic E-state index is -0.117. The number of benzene rings is 7. The lowest BCUT2D eigenvalue weighted by molar-refractivity contribution is 0.0822. The maximum absolute atomic E-state index is 2.62. The fourth-order valence-electron chi connectivity index (χ4n) is 13.3. The van der Waals surface area contributed by atoms with E-state index >= 15 is 0 Å². The minimum absolute atomic E-state index is 0.117. The largest absolute Gasteiger partial charge is 0.310 e. The van der Waals surface area contributed by atoms with E-state index in [1.54, 1.807) is 16.7 Å². The van der Waals surface area contributed by atoms with Crippen LogP contribution in [0, 0.1) is 23.7 Å². The highest BCUT2D eigenvalue weighted by Gasteiger charge is 2.68. The predicted octanol–water partition coefficient (Wildman–Crippen LogP) is 15.6. The summed E-state index contributed by atoms with van der Waals surface area (Å²) < 4.78 is 2.68.